The average molecular weight is 406 g/mol. The van der Waals surface area contributed by atoms with Gasteiger partial charge in [-0.3, -0.25) is 4.57 Å². The molecule has 2 fully saturated rings. The number of aliphatic hydroxyl groups excluding tert-OH is 1. The molecule has 1 saturated heterocycles. The summed E-state index contributed by atoms with van der Waals surface area (Å²) >= 11 is 0. The predicted molar refractivity (Wildman–Crippen MR) is 116 cm³/mol. The number of aliphatic hydroxyl groups is 1. The highest BCUT2D eigenvalue weighted by Gasteiger charge is 2.21. The third-order valence-corrected chi connectivity index (χ3v) is 6.12. The highest BCUT2D eigenvalue weighted by molar-refractivity contribution is 5.75. The third-order valence-electron chi connectivity index (χ3n) is 6.12. The number of hydrogen-bond acceptors (Lipinski definition) is 7. The van der Waals surface area contributed by atoms with Crippen molar-refractivity contribution in [2.45, 2.75) is 50.7 Å². The first-order valence-electron chi connectivity index (χ1n) is 10.7. The minimum atomic E-state index is -0.255. The number of piperidine rings is 1. The Morgan fingerprint density at radius 1 is 1.00 bits per heavy atom. The molecule has 3 aromatic rings. The lowest BCUT2D eigenvalue weighted by Crippen LogP contribution is -2.38. The summed E-state index contributed by atoms with van der Waals surface area (Å²) in [5, 5.41) is 13.9. The Balaban J connectivity index is 1.40. The Morgan fingerprint density at radius 2 is 1.77 bits per heavy atom. The van der Waals surface area contributed by atoms with E-state index in [1.54, 1.807) is 17.0 Å². The fourth-order valence-corrected chi connectivity index (χ4v) is 4.57. The molecule has 1 saturated carbocycles. The van der Waals surface area contributed by atoms with E-state index in [0.29, 0.717) is 18.1 Å². The molecule has 2 aliphatic rings. The van der Waals surface area contributed by atoms with E-state index in [4.69, 9.17) is 0 Å². The Morgan fingerprint density at radius 3 is 2.53 bits per heavy atom. The lowest BCUT2D eigenvalue weighted by molar-refractivity contribution is 0.154. The van der Waals surface area contributed by atoms with Crippen LogP contribution in [0.3, 0.4) is 0 Å². The van der Waals surface area contributed by atoms with E-state index < -0.39 is 0 Å². The Bertz CT molecular complexity index is 1090. The molecule has 0 spiro atoms. The van der Waals surface area contributed by atoms with Gasteiger partial charge in [0.25, 0.3) is 0 Å². The van der Waals surface area contributed by atoms with E-state index in [1.165, 1.54) is 0 Å². The zero-order valence-electron chi connectivity index (χ0n) is 16.9. The second-order valence-electron chi connectivity index (χ2n) is 8.24. The summed E-state index contributed by atoms with van der Waals surface area (Å²) in [6.07, 6.45) is 9.12. The summed E-state index contributed by atoms with van der Waals surface area (Å²) in [6, 6.07) is 8.22. The molecule has 1 atom stereocenters. The third kappa shape index (κ3) is 3.75. The number of fused-ring (bicyclic) bond motifs is 1. The van der Waals surface area contributed by atoms with Crippen LogP contribution in [0.4, 0.5) is 17.3 Å². The van der Waals surface area contributed by atoms with Crippen LogP contribution in [0, 0.1) is 0 Å². The van der Waals surface area contributed by atoms with E-state index in [2.05, 4.69) is 25.2 Å². The summed E-state index contributed by atoms with van der Waals surface area (Å²) in [5.41, 5.74) is 2.37. The van der Waals surface area contributed by atoms with Crippen LogP contribution >= 0.6 is 0 Å². The van der Waals surface area contributed by atoms with Gasteiger partial charge in [0.05, 0.1) is 11.5 Å². The molecular weight excluding hydrogens is 380 g/mol. The highest BCUT2D eigenvalue weighted by Crippen LogP contribution is 2.30. The van der Waals surface area contributed by atoms with Crippen LogP contribution in [0.1, 0.15) is 44.6 Å². The van der Waals surface area contributed by atoms with Crippen LogP contribution in [-0.4, -0.2) is 43.8 Å². The second kappa shape index (κ2) is 8.02. The maximum Gasteiger partial charge on any atom is 0.349 e. The second-order valence-corrected chi connectivity index (χ2v) is 8.24. The molecule has 5 rings (SSSR count). The number of aromatic nitrogens is 4. The lowest BCUT2D eigenvalue weighted by Gasteiger charge is -2.32. The fourth-order valence-electron chi connectivity index (χ4n) is 4.57. The maximum absolute atomic E-state index is 12.4. The molecule has 0 radical (unpaired) electrons. The number of nitrogens with one attached hydrogen (secondary N) is 1. The monoisotopic (exact) mass is 406 g/mol. The van der Waals surface area contributed by atoms with Crippen molar-refractivity contribution >= 4 is 28.4 Å². The van der Waals surface area contributed by atoms with Gasteiger partial charge in [0.1, 0.15) is 0 Å². The molecule has 8 nitrogen and oxygen atoms in total. The van der Waals surface area contributed by atoms with Crippen molar-refractivity contribution in [2.75, 3.05) is 23.3 Å². The normalized spacial score (nSPS) is 20.0. The molecule has 0 bridgehead atoms. The highest BCUT2D eigenvalue weighted by atomic mass is 16.3. The van der Waals surface area contributed by atoms with Crippen LogP contribution < -0.4 is 15.9 Å². The van der Waals surface area contributed by atoms with Crippen molar-refractivity contribution in [1.29, 1.82) is 0 Å². The number of rotatable bonds is 4. The summed E-state index contributed by atoms with van der Waals surface area (Å²) in [7, 11) is 0. The van der Waals surface area contributed by atoms with E-state index in [0.717, 1.165) is 61.8 Å². The number of nitrogens with zero attached hydrogens (tertiary/aromatic N) is 5. The van der Waals surface area contributed by atoms with E-state index in [1.807, 2.05) is 24.3 Å². The van der Waals surface area contributed by atoms with Crippen molar-refractivity contribution in [3.05, 3.63) is 47.1 Å². The molecule has 2 aromatic heterocycles. The fraction of sp³-hybridized carbons (Fsp3) is 0.455. The zero-order valence-corrected chi connectivity index (χ0v) is 16.9. The molecule has 1 aromatic carbocycles. The smallest absolute Gasteiger partial charge is 0.349 e. The first-order valence-corrected chi connectivity index (χ1v) is 10.7. The van der Waals surface area contributed by atoms with Crippen molar-refractivity contribution in [2.24, 2.45) is 0 Å². The van der Waals surface area contributed by atoms with Crippen LogP contribution in [0.5, 0.6) is 0 Å². The van der Waals surface area contributed by atoms with Gasteiger partial charge in [-0.2, -0.15) is 4.98 Å². The number of β-amino-alcohol motifs (C(OH)–C–C–N with tert-alkyl or cyclic N) is 1. The van der Waals surface area contributed by atoms with E-state index >= 15 is 0 Å². The van der Waals surface area contributed by atoms with Gasteiger partial charge < -0.3 is 15.3 Å². The topological polar surface area (TPSA) is 96.2 Å². The molecule has 0 amide bonds. The van der Waals surface area contributed by atoms with Crippen LogP contribution in [0.15, 0.2) is 41.5 Å². The summed E-state index contributed by atoms with van der Waals surface area (Å²) in [4.78, 5) is 27.7. The van der Waals surface area contributed by atoms with Crippen LogP contribution in [0.2, 0.25) is 0 Å². The molecule has 3 heterocycles. The van der Waals surface area contributed by atoms with Crippen molar-refractivity contribution < 1.29 is 5.11 Å². The molecule has 1 aliphatic carbocycles. The van der Waals surface area contributed by atoms with Gasteiger partial charge in [-0.05, 0) is 49.9 Å². The molecule has 30 heavy (non-hydrogen) atoms. The first-order chi connectivity index (χ1) is 14.7. The molecule has 1 aliphatic heterocycles. The largest absolute Gasteiger partial charge is 0.391 e. The van der Waals surface area contributed by atoms with Gasteiger partial charge in [0, 0.05) is 42.9 Å². The van der Waals surface area contributed by atoms with E-state index in [9.17, 15) is 9.90 Å². The first kappa shape index (κ1) is 19.0. The van der Waals surface area contributed by atoms with Gasteiger partial charge in [-0.25, -0.2) is 14.8 Å². The summed E-state index contributed by atoms with van der Waals surface area (Å²) < 4.78 is 1.74. The van der Waals surface area contributed by atoms with Gasteiger partial charge in [0.2, 0.25) is 5.95 Å². The van der Waals surface area contributed by atoms with Crippen molar-refractivity contribution in [3.63, 3.8) is 0 Å². The molecular formula is C22H26N6O2. The van der Waals surface area contributed by atoms with E-state index in [-0.39, 0.29) is 17.8 Å². The van der Waals surface area contributed by atoms with Gasteiger partial charge in [0.15, 0.2) is 5.65 Å². The number of anilines is 3. The molecule has 156 valence electrons. The Hall–Kier alpha value is -3.00. The van der Waals surface area contributed by atoms with Gasteiger partial charge in [-0.1, -0.05) is 12.8 Å². The number of hydrogen-bond donors (Lipinski definition) is 2. The van der Waals surface area contributed by atoms with Gasteiger partial charge in [-0.15, -0.1) is 0 Å². The summed E-state index contributed by atoms with van der Waals surface area (Å²) in [6.45, 7) is 1.64. The van der Waals surface area contributed by atoms with Crippen molar-refractivity contribution in [3.8, 4) is 0 Å². The minimum absolute atomic E-state index is 0.163. The Labute approximate surface area is 174 Å². The van der Waals surface area contributed by atoms with Crippen LogP contribution in [-0.2, 0) is 0 Å². The SMILES string of the molecule is O=c1ncc2cnc(Nc3ccc(N4CCCC(O)C4)cc3)nc2n1C1CCCC1. The average Bonchev–Trinajstić information content (AvgIpc) is 3.28. The Kier molecular flexibility index (Phi) is 5.08. The molecule has 8 heteroatoms. The number of benzene rings is 1. The van der Waals surface area contributed by atoms with Crippen LogP contribution in [0.25, 0.3) is 11.0 Å². The molecule has 1 unspecified atom stereocenters. The zero-order chi connectivity index (χ0) is 20.5. The predicted octanol–water partition coefficient (Wildman–Crippen LogP) is 3.01. The standard InChI is InChI=1S/C22H26N6O2/c29-19-6-3-11-27(14-19)17-9-7-16(8-10-17)25-21-23-12-15-13-24-22(30)28(20(15)26-21)18-4-1-2-5-18/h7-10,12-13,18-19,29H,1-6,11,14H2,(H,23,25,26). The maximum atomic E-state index is 12.4. The summed E-state index contributed by atoms with van der Waals surface area (Å²) in [5.74, 6) is 0.459. The minimum Gasteiger partial charge on any atom is -0.391 e. The molecule has 2 N–H and O–H groups in total. The quantitative estimate of drug-likeness (QED) is 0.687. The lowest BCUT2D eigenvalue weighted by atomic mass is 10.1. The van der Waals surface area contributed by atoms with Crippen molar-refractivity contribution in [1.82, 2.24) is 19.5 Å². The van der Waals surface area contributed by atoms with Gasteiger partial charge >= 0.3 is 5.69 Å².